The molecule has 1 aliphatic heterocycles. The van der Waals surface area contributed by atoms with Gasteiger partial charge in [-0.05, 0) is 33.8 Å². The van der Waals surface area contributed by atoms with Crippen LogP contribution in [0.15, 0.2) is 12.3 Å². The highest BCUT2D eigenvalue weighted by molar-refractivity contribution is 6.63. The van der Waals surface area contributed by atoms with Gasteiger partial charge in [0.25, 0.3) is 0 Å². The SMILES string of the molecule is COC(=O)c1c(B2OC(C)(C)C(C)(C)O2)ccn1C. The molecule has 0 radical (unpaired) electrons. The number of aromatic nitrogens is 1. The molecular weight excluding hydrogens is 245 g/mol. The van der Waals surface area contributed by atoms with Crippen molar-refractivity contribution in [2.45, 2.75) is 38.9 Å². The molecule has 5 nitrogen and oxygen atoms in total. The summed E-state index contributed by atoms with van der Waals surface area (Å²) in [6, 6.07) is 1.83. The molecule has 0 atom stereocenters. The van der Waals surface area contributed by atoms with Crippen LogP contribution in [0.3, 0.4) is 0 Å². The summed E-state index contributed by atoms with van der Waals surface area (Å²) in [4.78, 5) is 11.8. The van der Waals surface area contributed by atoms with Gasteiger partial charge in [-0.15, -0.1) is 0 Å². The van der Waals surface area contributed by atoms with Crippen molar-refractivity contribution in [1.82, 2.24) is 4.57 Å². The lowest BCUT2D eigenvalue weighted by Gasteiger charge is -2.32. The fourth-order valence-corrected chi connectivity index (χ4v) is 2.07. The van der Waals surface area contributed by atoms with Crippen LogP contribution in [0.25, 0.3) is 0 Å². The molecule has 1 fully saturated rings. The number of ether oxygens (including phenoxy) is 1. The number of esters is 1. The zero-order chi connectivity index (χ0) is 14.4. The molecule has 0 N–H and O–H groups in total. The van der Waals surface area contributed by atoms with Gasteiger partial charge in [-0.1, -0.05) is 0 Å². The molecule has 0 unspecified atom stereocenters. The lowest BCUT2D eigenvalue weighted by atomic mass is 9.79. The van der Waals surface area contributed by atoms with E-state index >= 15 is 0 Å². The van der Waals surface area contributed by atoms with Gasteiger partial charge in [-0.3, -0.25) is 0 Å². The molecule has 0 spiro atoms. The summed E-state index contributed by atoms with van der Waals surface area (Å²) in [6.45, 7) is 7.92. The number of carbonyl (C=O) groups is 1. The van der Waals surface area contributed by atoms with Crippen LogP contribution in [0.1, 0.15) is 38.2 Å². The maximum Gasteiger partial charge on any atom is 0.497 e. The molecule has 0 amide bonds. The summed E-state index contributed by atoms with van der Waals surface area (Å²) in [7, 11) is 2.60. The first kappa shape index (κ1) is 14.2. The van der Waals surface area contributed by atoms with Crippen LogP contribution in [0, 0.1) is 0 Å². The van der Waals surface area contributed by atoms with Crippen LogP contribution >= 0.6 is 0 Å². The molecule has 0 aliphatic carbocycles. The predicted octanol–water partition coefficient (Wildman–Crippen LogP) is 1.11. The Kier molecular flexibility index (Phi) is 3.27. The van der Waals surface area contributed by atoms with Crippen LogP contribution in [-0.4, -0.2) is 36.0 Å². The highest BCUT2D eigenvalue weighted by Gasteiger charge is 2.52. The molecule has 1 aliphatic rings. The number of hydrogen-bond acceptors (Lipinski definition) is 4. The number of aryl methyl sites for hydroxylation is 1. The molecule has 6 heteroatoms. The van der Waals surface area contributed by atoms with E-state index in [1.54, 1.807) is 17.8 Å². The summed E-state index contributed by atoms with van der Waals surface area (Å²) >= 11 is 0. The fraction of sp³-hybridized carbons (Fsp3) is 0.615. The van der Waals surface area contributed by atoms with E-state index < -0.39 is 24.3 Å². The minimum Gasteiger partial charge on any atom is -0.464 e. The normalized spacial score (nSPS) is 20.6. The molecule has 0 saturated carbocycles. The van der Waals surface area contributed by atoms with Gasteiger partial charge in [0, 0.05) is 18.7 Å². The standard InChI is InChI=1S/C13H20BNO4/c1-12(2)13(3,4)19-14(18-12)9-7-8-15(5)10(9)11(16)17-6/h7-8H,1-6H3. The van der Waals surface area contributed by atoms with Crippen molar-refractivity contribution in [1.29, 1.82) is 0 Å². The van der Waals surface area contributed by atoms with E-state index in [2.05, 4.69) is 0 Å². The van der Waals surface area contributed by atoms with Gasteiger partial charge in [0.2, 0.25) is 0 Å². The van der Waals surface area contributed by atoms with Crippen molar-refractivity contribution in [2.75, 3.05) is 7.11 Å². The smallest absolute Gasteiger partial charge is 0.464 e. The molecule has 19 heavy (non-hydrogen) atoms. The molecular formula is C13H20BNO4. The van der Waals surface area contributed by atoms with Gasteiger partial charge >= 0.3 is 13.1 Å². The molecule has 1 aromatic rings. The Morgan fingerprint density at radius 3 is 2.26 bits per heavy atom. The Bertz CT molecular complexity index is 491. The molecule has 0 bridgehead atoms. The monoisotopic (exact) mass is 265 g/mol. The first-order valence-electron chi connectivity index (χ1n) is 6.29. The van der Waals surface area contributed by atoms with Crippen molar-refractivity contribution in [3.8, 4) is 0 Å². The number of rotatable bonds is 2. The largest absolute Gasteiger partial charge is 0.497 e. The van der Waals surface area contributed by atoms with E-state index in [-0.39, 0.29) is 0 Å². The van der Waals surface area contributed by atoms with Crippen LogP contribution < -0.4 is 5.46 Å². The summed E-state index contributed by atoms with van der Waals surface area (Å²) in [5.74, 6) is -0.391. The highest BCUT2D eigenvalue weighted by Crippen LogP contribution is 2.36. The Hall–Kier alpha value is -1.27. The lowest BCUT2D eigenvalue weighted by Crippen LogP contribution is -2.41. The van der Waals surface area contributed by atoms with Gasteiger partial charge in [-0.25, -0.2) is 4.79 Å². The number of carbonyl (C=O) groups excluding carboxylic acids is 1. The molecule has 1 aromatic heterocycles. The van der Waals surface area contributed by atoms with Crippen molar-refractivity contribution in [3.05, 3.63) is 18.0 Å². The molecule has 2 rings (SSSR count). The number of hydrogen-bond donors (Lipinski definition) is 0. The number of methoxy groups -OCH3 is 1. The molecule has 2 heterocycles. The fourth-order valence-electron chi connectivity index (χ4n) is 2.07. The third-order valence-electron chi connectivity index (χ3n) is 3.99. The molecule has 1 saturated heterocycles. The summed E-state index contributed by atoms with van der Waals surface area (Å²) in [5.41, 5.74) is 0.302. The van der Waals surface area contributed by atoms with Gasteiger partial charge < -0.3 is 18.6 Å². The summed E-state index contributed by atoms with van der Waals surface area (Å²) in [5, 5.41) is 0. The Labute approximate surface area is 114 Å². The first-order valence-corrected chi connectivity index (χ1v) is 6.29. The van der Waals surface area contributed by atoms with Crippen molar-refractivity contribution >= 4 is 18.6 Å². The third kappa shape index (κ3) is 2.19. The van der Waals surface area contributed by atoms with Crippen molar-refractivity contribution in [2.24, 2.45) is 7.05 Å². The zero-order valence-electron chi connectivity index (χ0n) is 12.3. The summed E-state index contributed by atoms with van der Waals surface area (Å²) < 4.78 is 18.4. The second-order valence-corrected chi connectivity index (χ2v) is 5.81. The van der Waals surface area contributed by atoms with Gasteiger partial charge in [0.15, 0.2) is 0 Å². The second kappa shape index (κ2) is 4.39. The maximum absolute atomic E-state index is 11.8. The lowest BCUT2D eigenvalue weighted by molar-refractivity contribution is 0.00578. The average molecular weight is 265 g/mol. The van der Waals surface area contributed by atoms with Crippen molar-refractivity contribution < 1.29 is 18.8 Å². The predicted molar refractivity (Wildman–Crippen MR) is 72.5 cm³/mol. The van der Waals surface area contributed by atoms with Crippen LogP contribution in [0.2, 0.25) is 0 Å². The highest BCUT2D eigenvalue weighted by atomic mass is 16.7. The first-order chi connectivity index (χ1) is 8.69. The van der Waals surface area contributed by atoms with Crippen molar-refractivity contribution in [3.63, 3.8) is 0 Å². The Balaban J connectivity index is 2.38. The summed E-state index contributed by atoms with van der Waals surface area (Å²) in [6.07, 6.45) is 1.80. The third-order valence-corrected chi connectivity index (χ3v) is 3.99. The topological polar surface area (TPSA) is 49.7 Å². The van der Waals surface area contributed by atoms with Gasteiger partial charge in [0.05, 0.1) is 18.3 Å². The zero-order valence-corrected chi connectivity index (χ0v) is 12.3. The van der Waals surface area contributed by atoms with E-state index in [0.29, 0.717) is 11.2 Å². The quantitative estimate of drug-likeness (QED) is 0.593. The number of nitrogens with zero attached hydrogens (tertiary/aromatic N) is 1. The van der Waals surface area contributed by atoms with Crippen LogP contribution in [0.4, 0.5) is 0 Å². The van der Waals surface area contributed by atoms with E-state index in [1.165, 1.54) is 7.11 Å². The van der Waals surface area contributed by atoms with Crippen LogP contribution in [0.5, 0.6) is 0 Å². The maximum atomic E-state index is 11.8. The molecule has 104 valence electrons. The van der Waals surface area contributed by atoms with E-state index in [0.717, 1.165) is 0 Å². The van der Waals surface area contributed by atoms with E-state index in [4.69, 9.17) is 14.0 Å². The minimum atomic E-state index is -0.555. The van der Waals surface area contributed by atoms with Gasteiger partial charge in [0.1, 0.15) is 5.69 Å². The average Bonchev–Trinajstić information content (AvgIpc) is 2.77. The van der Waals surface area contributed by atoms with E-state index in [1.807, 2.05) is 33.8 Å². The van der Waals surface area contributed by atoms with E-state index in [9.17, 15) is 4.79 Å². The second-order valence-electron chi connectivity index (χ2n) is 5.81. The Morgan fingerprint density at radius 2 is 1.79 bits per heavy atom. The molecule has 0 aromatic carbocycles. The minimum absolute atomic E-state index is 0.391. The van der Waals surface area contributed by atoms with Crippen LogP contribution in [-0.2, 0) is 21.1 Å². The van der Waals surface area contributed by atoms with Gasteiger partial charge in [-0.2, -0.15) is 0 Å². The Morgan fingerprint density at radius 1 is 1.26 bits per heavy atom.